The lowest BCUT2D eigenvalue weighted by Gasteiger charge is -2.24. The van der Waals surface area contributed by atoms with E-state index in [1.165, 1.54) is 0 Å². The molecular weight excluding hydrogens is 272 g/mol. The molecule has 0 aromatic heterocycles. The first kappa shape index (κ1) is 19.4. The first-order chi connectivity index (χ1) is 9.61. The van der Waals surface area contributed by atoms with Crippen LogP contribution in [-0.2, 0) is 9.59 Å². The average Bonchev–Trinajstić information content (AvgIpc) is 2.26. The van der Waals surface area contributed by atoms with Gasteiger partial charge < -0.3 is 10.4 Å². The summed E-state index contributed by atoms with van der Waals surface area (Å²) in [5.41, 5.74) is -0.683. The van der Waals surface area contributed by atoms with Crippen LogP contribution in [-0.4, -0.2) is 29.1 Å². The monoisotopic (exact) mass is 300 g/mol. The fraction of sp³-hybridized carbons (Fsp3) is 0.800. The van der Waals surface area contributed by atoms with Crippen LogP contribution >= 0.6 is 0 Å². The normalized spacial score (nSPS) is 12.9. The number of carbonyl (C=O) groups excluding carboxylic acids is 2. The van der Waals surface area contributed by atoms with Gasteiger partial charge in [-0.05, 0) is 18.3 Å². The molecule has 0 aromatic rings. The Labute approximate surface area is 126 Å². The van der Waals surface area contributed by atoms with Crippen molar-refractivity contribution in [2.24, 2.45) is 11.3 Å². The lowest BCUT2D eigenvalue weighted by atomic mass is 9.85. The largest absolute Gasteiger partial charge is 0.481 e. The van der Waals surface area contributed by atoms with Crippen LogP contribution in [0.15, 0.2) is 0 Å². The van der Waals surface area contributed by atoms with Gasteiger partial charge in [-0.3, -0.25) is 14.9 Å². The molecule has 0 rings (SSSR count). The Bertz CT molecular complexity index is 376. The quantitative estimate of drug-likeness (QED) is 0.642. The van der Waals surface area contributed by atoms with Gasteiger partial charge in [-0.1, -0.05) is 40.5 Å². The number of hydrogen-bond acceptors (Lipinski definition) is 3. The topological polar surface area (TPSA) is 95.5 Å². The summed E-state index contributed by atoms with van der Waals surface area (Å²) in [7, 11) is 0. The van der Waals surface area contributed by atoms with Gasteiger partial charge in [0.25, 0.3) is 0 Å². The molecule has 0 bridgehead atoms. The number of imide groups is 1. The second-order valence-electron chi connectivity index (χ2n) is 6.30. The van der Waals surface area contributed by atoms with E-state index in [-0.39, 0.29) is 18.9 Å². The molecule has 6 heteroatoms. The molecule has 122 valence electrons. The second-order valence-corrected chi connectivity index (χ2v) is 6.30. The van der Waals surface area contributed by atoms with Gasteiger partial charge in [0.05, 0.1) is 6.42 Å². The minimum atomic E-state index is -0.959. The Hall–Kier alpha value is -1.59. The van der Waals surface area contributed by atoms with Crippen LogP contribution in [0.3, 0.4) is 0 Å². The first-order valence-corrected chi connectivity index (χ1v) is 7.43. The molecule has 21 heavy (non-hydrogen) atoms. The highest BCUT2D eigenvalue weighted by molar-refractivity contribution is 5.94. The molecule has 0 saturated carbocycles. The Kier molecular flexibility index (Phi) is 7.99. The van der Waals surface area contributed by atoms with Crippen LogP contribution < -0.4 is 10.6 Å². The zero-order valence-corrected chi connectivity index (χ0v) is 13.7. The van der Waals surface area contributed by atoms with E-state index in [1.807, 2.05) is 6.92 Å². The van der Waals surface area contributed by atoms with Gasteiger partial charge in [-0.25, -0.2) is 4.79 Å². The van der Waals surface area contributed by atoms with Gasteiger partial charge in [0.15, 0.2) is 0 Å². The minimum Gasteiger partial charge on any atom is -0.481 e. The van der Waals surface area contributed by atoms with Crippen molar-refractivity contribution in [2.45, 2.75) is 66.3 Å². The van der Waals surface area contributed by atoms with E-state index in [0.717, 1.165) is 12.8 Å². The Morgan fingerprint density at radius 1 is 1.10 bits per heavy atom. The molecule has 0 heterocycles. The fourth-order valence-corrected chi connectivity index (χ4v) is 2.43. The second kappa shape index (κ2) is 8.64. The summed E-state index contributed by atoms with van der Waals surface area (Å²) in [6.45, 7) is 9.40. The Morgan fingerprint density at radius 2 is 1.62 bits per heavy atom. The fourth-order valence-electron chi connectivity index (χ4n) is 2.43. The standard InChI is InChI=1S/C15H28N2O4/c1-6-11(7-2)10(3)16-14(21)17-12(18)8-15(4,5)9-13(19)20/h10-11H,6-9H2,1-5H3,(H,19,20)(H2,16,17,18,21). The maximum absolute atomic E-state index is 11.8. The molecule has 3 N–H and O–H groups in total. The summed E-state index contributed by atoms with van der Waals surface area (Å²) >= 11 is 0. The molecule has 0 fully saturated rings. The van der Waals surface area contributed by atoms with Crippen molar-refractivity contribution >= 4 is 17.9 Å². The number of carbonyl (C=O) groups is 3. The van der Waals surface area contributed by atoms with Crippen molar-refractivity contribution in [3.8, 4) is 0 Å². The third-order valence-corrected chi connectivity index (χ3v) is 3.64. The van der Waals surface area contributed by atoms with E-state index in [0.29, 0.717) is 5.92 Å². The third kappa shape index (κ3) is 8.32. The van der Waals surface area contributed by atoms with Crippen LogP contribution in [0, 0.1) is 11.3 Å². The maximum Gasteiger partial charge on any atom is 0.321 e. The number of urea groups is 1. The third-order valence-electron chi connectivity index (χ3n) is 3.64. The van der Waals surface area contributed by atoms with Gasteiger partial charge in [0.1, 0.15) is 0 Å². The highest BCUT2D eigenvalue weighted by Crippen LogP contribution is 2.24. The van der Waals surface area contributed by atoms with Crippen molar-refractivity contribution in [3.63, 3.8) is 0 Å². The first-order valence-electron chi connectivity index (χ1n) is 7.43. The van der Waals surface area contributed by atoms with E-state index in [4.69, 9.17) is 5.11 Å². The zero-order chi connectivity index (χ0) is 16.6. The van der Waals surface area contributed by atoms with E-state index in [9.17, 15) is 14.4 Å². The lowest BCUT2D eigenvalue weighted by molar-refractivity contribution is -0.139. The zero-order valence-electron chi connectivity index (χ0n) is 13.7. The Morgan fingerprint density at radius 3 is 2.05 bits per heavy atom. The predicted molar refractivity (Wildman–Crippen MR) is 80.9 cm³/mol. The molecule has 6 nitrogen and oxygen atoms in total. The van der Waals surface area contributed by atoms with E-state index in [1.54, 1.807) is 13.8 Å². The van der Waals surface area contributed by atoms with Gasteiger partial charge in [-0.2, -0.15) is 0 Å². The smallest absolute Gasteiger partial charge is 0.321 e. The molecule has 0 aliphatic heterocycles. The van der Waals surface area contributed by atoms with E-state index in [2.05, 4.69) is 24.5 Å². The molecule has 1 unspecified atom stereocenters. The number of amides is 3. The molecule has 0 saturated heterocycles. The summed E-state index contributed by atoms with van der Waals surface area (Å²) in [5.74, 6) is -1.05. The van der Waals surface area contributed by atoms with Gasteiger partial charge in [0, 0.05) is 12.5 Å². The molecule has 0 aromatic carbocycles. The molecule has 1 atom stereocenters. The number of hydrogen-bond donors (Lipinski definition) is 3. The number of aliphatic carboxylic acids is 1. The maximum atomic E-state index is 11.8. The molecule has 0 spiro atoms. The van der Waals surface area contributed by atoms with Gasteiger partial charge in [0.2, 0.25) is 5.91 Å². The van der Waals surface area contributed by atoms with Crippen LogP contribution in [0.2, 0.25) is 0 Å². The molecule has 0 aliphatic rings. The summed E-state index contributed by atoms with van der Waals surface area (Å²) in [4.78, 5) is 34.2. The molecule has 3 amide bonds. The highest BCUT2D eigenvalue weighted by Gasteiger charge is 2.26. The van der Waals surface area contributed by atoms with Crippen LogP contribution in [0.1, 0.15) is 60.3 Å². The van der Waals surface area contributed by atoms with Crippen LogP contribution in [0.5, 0.6) is 0 Å². The minimum absolute atomic E-state index is 0.00785. The summed E-state index contributed by atoms with van der Waals surface area (Å²) in [6.07, 6.45) is 1.79. The number of nitrogens with one attached hydrogen (secondary N) is 2. The van der Waals surface area contributed by atoms with Gasteiger partial charge >= 0.3 is 12.0 Å². The number of carboxylic acid groups (broad SMARTS) is 1. The van der Waals surface area contributed by atoms with Crippen molar-refractivity contribution in [1.82, 2.24) is 10.6 Å². The van der Waals surface area contributed by atoms with Gasteiger partial charge in [-0.15, -0.1) is 0 Å². The summed E-state index contributed by atoms with van der Waals surface area (Å²) < 4.78 is 0. The lowest BCUT2D eigenvalue weighted by Crippen LogP contribution is -2.46. The summed E-state index contributed by atoms with van der Waals surface area (Å²) in [6, 6.07) is -0.537. The van der Waals surface area contributed by atoms with Crippen molar-refractivity contribution in [2.75, 3.05) is 0 Å². The highest BCUT2D eigenvalue weighted by atomic mass is 16.4. The molecular formula is C15H28N2O4. The van der Waals surface area contributed by atoms with Crippen molar-refractivity contribution < 1.29 is 19.5 Å². The van der Waals surface area contributed by atoms with Crippen molar-refractivity contribution in [1.29, 1.82) is 0 Å². The molecule has 0 radical (unpaired) electrons. The van der Waals surface area contributed by atoms with E-state index >= 15 is 0 Å². The molecule has 0 aliphatic carbocycles. The summed E-state index contributed by atoms with van der Waals surface area (Å²) in [5, 5.41) is 13.8. The number of carboxylic acids is 1. The van der Waals surface area contributed by atoms with Crippen LogP contribution in [0.25, 0.3) is 0 Å². The predicted octanol–water partition coefficient (Wildman–Crippen LogP) is 2.53. The van der Waals surface area contributed by atoms with Crippen molar-refractivity contribution in [3.05, 3.63) is 0 Å². The van der Waals surface area contributed by atoms with E-state index < -0.39 is 23.3 Å². The van der Waals surface area contributed by atoms with Crippen LogP contribution in [0.4, 0.5) is 4.79 Å². The SMILES string of the molecule is CCC(CC)C(C)NC(=O)NC(=O)CC(C)(C)CC(=O)O. The Balaban J connectivity index is 4.33. The average molecular weight is 300 g/mol. The number of rotatable bonds is 8.